The van der Waals surface area contributed by atoms with E-state index in [4.69, 9.17) is 0 Å². The lowest BCUT2D eigenvalue weighted by atomic mass is 9.89. The highest BCUT2D eigenvalue weighted by Gasteiger charge is 2.16. The number of H-pyrrole nitrogens is 1. The molecule has 0 fully saturated rings. The van der Waals surface area contributed by atoms with Crippen molar-refractivity contribution in [3.63, 3.8) is 0 Å². The molecule has 0 bridgehead atoms. The third-order valence-electron chi connectivity index (χ3n) is 8.97. The fraction of sp³-hybridized carbons (Fsp3) is 0.0227. The fourth-order valence-electron chi connectivity index (χ4n) is 6.57. The molecule has 218 valence electrons. The first-order valence-electron chi connectivity index (χ1n) is 15.6. The number of nitrogens with one attached hydrogen (secondary N) is 1. The standard InChI is InChI=1S/C44H31NO/c1-29-22-23-36(34-18-10-16-32(24-34)30-12-4-2-5-13-30)26-40(29)42-28-37(35-19-11-17-33(25-35)31-14-6-3-7-15-31)27-41-38-20-8-9-21-39(38)44(46)45-43(41)42/h2-28H,1H3,(H,45,46). The topological polar surface area (TPSA) is 32.9 Å². The highest BCUT2D eigenvalue weighted by Crippen LogP contribution is 2.39. The van der Waals surface area contributed by atoms with E-state index in [0.717, 1.165) is 55.2 Å². The van der Waals surface area contributed by atoms with Crippen molar-refractivity contribution in [1.82, 2.24) is 4.98 Å². The summed E-state index contributed by atoms with van der Waals surface area (Å²) in [4.78, 5) is 16.7. The van der Waals surface area contributed by atoms with E-state index >= 15 is 0 Å². The van der Waals surface area contributed by atoms with E-state index in [0.29, 0.717) is 5.39 Å². The van der Waals surface area contributed by atoms with Crippen LogP contribution in [0.4, 0.5) is 0 Å². The first-order chi connectivity index (χ1) is 22.6. The number of aromatic amines is 1. The Hall–Kier alpha value is -5.99. The summed E-state index contributed by atoms with van der Waals surface area (Å²) < 4.78 is 0. The first-order valence-corrected chi connectivity index (χ1v) is 15.6. The van der Waals surface area contributed by atoms with Crippen molar-refractivity contribution in [3.05, 3.63) is 180 Å². The molecule has 0 aliphatic carbocycles. The second kappa shape index (κ2) is 11.5. The summed E-state index contributed by atoms with van der Waals surface area (Å²) in [5.41, 5.74) is 13.3. The minimum absolute atomic E-state index is 0.0763. The Bertz CT molecular complexity index is 2440. The highest BCUT2D eigenvalue weighted by molar-refractivity contribution is 6.11. The smallest absolute Gasteiger partial charge is 0.256 e. The SMILES string of the molecule is Cc1ccc(-c2cccc(-c3ccccc3)c2)cc1-c1cc(-c2cccc(-c3ccccc3)c2)cc2c1[nH]c(=O)c1ccccc12. The molecule has 0 spiro atoms. The number of aryl methyl sites for hydroxylation is 1. The number of hydrogen-bond acceptors (Lipinski definition) is 1. The maximum atomic E-state index is 13.4. The quantitative estimate of drug-likeness (QED) is 0.199. The van der Waals surface area contributed by atoms with Gasteiger partial charge in [-0.2, -0.15) is 0 Å². The average Bonchev–Trinajstić information content (AvgIpc) is 3.13. The van der Waals surface area contributed by atoms with Gasteiger partial charge in [-0.1, -0.05) is 127 Å². The molecule has 0 radical (unpaired) electrons. The van der Waals surface area contributed by atoms with E-state index in [9.17, 15) is 4.79 Å². The molecule has 46 heavy (non-hydrogen) atoms. The maximum Gasteiger partial charge on any atom is 0.256 e. The predicted octanol–water partition coefficient (Wildman–Crippen LogP) is 11.3. The molecule has 8 aromatic rings. The van der Waals surface area contributed by atoms with Crippen LogP contribution in [0, 0.1) is 6.92 Å². The van der Waals surface area contributed by atoms with E-state index < -0.39 is 0 Å². The summed E-state index contributed by atoms with van der Waals surface area (Å²) in [6.45, 7) is 2.15. The van der Waals surface area contributed by atoms with Gasteiger partial charge in [-0.15, -0.1) is 0 Å². The second-order valence-electron chi connectivity index (χ2n) is 11.9. The molecule has 0 saturated carbocycles. The molecule has 0 aliphatic rings. The molecule has 0 atom stereocenters. The van der Waals surface area contributed by atoms with Crippen molar-refractivity contribution in [2.75, 3.05) is 0 Å². The Kier molecular flexibility index (Phi) is 6.89. The van der Waals surface area contributed by atoms with Crippen molar-refractivity contribution in [2.24, 2.45) is 0 Å². The summed E-state index contributed by atoms with van der Waals surface area (Å²) in [6, 6.07) is 57.4. The third-order valence-corrected chi connectivity index (χ3v) is 8.97. The number of benzene rings is 7. The molecule has 1 N–H and O–H groups in total. The number of pyridine rings is 1. The maximum absolute atomic E-state index is 13.4. The van der Waals surface area contributed by atoms with Crippen LogP contribution in [0.25, 0.3) is 77.3 Å². The Balaban J connectivity index is 1.36. The molecule has 0 amide bonds. The van der Waals surface area contributed by atoms with E-state index in [1.807, 2.05) is 30.3 Å². The van der Waals surface area contributed by atoms with Crippen LogP contribution in [0.3, 0.4) is 0 Å². The van der Waals surface area contributed by atoms with Crippen LogP contribution in [0.1, 0.15) is 5.56 Å². The van der Waals surface area contributed by atoms with Crippen molar-refractivity contribution in [1.29, 1.82) is 0 Å². The van der Waals surface area contributed by atoms with Gasteiger partial charge in [-0.25, -0.2) is 0 Å². The molecule has 1 aromatic heterocycles. The minimum atomic E-state index is -0.0763. The predicted molar refractivity (Wildman–Crippen MR) is 194 cm³/mol. The summed E-state index contributed by atoms with van der Waals surface area (Å²) in [5, 5.41) is 2.68. The van der Waals surface area contributed by atoms with Crippen molar-refractivity contribution in [3.8, 4) is 55.6 Å². The number of hydrogen-bond donors (Lipinski definition) is 1. The lowest BCUT2D eigenvalue weighted by Crippen LogP contribution is -2.07. The van der Waals surface area contributed by atoms with Crippen LogP contribution in [-0.4, -0.2) is 4.98 Å². The highest BCUT2D eigenvalue weighted by atomic mass is 16.1. The molecule has 8 rings (SSSR count). The molecule has 7 aromatic carbocycles. The van der Waals surface area contributed by atoms with E-state index in [-0.39, 0.29) is 5.56 Å². The molecular formula is C44H31NO. The normalized spacial score (nSPS) is 11.2. The van der Waals surface area contributed by atoms with Crippen LogP contribution in [0.5, 0.6) is 0 Å². The van der Waals surface area contributed by atoms with Gasteiger partial charge in [0.1, 0.15) is 0 Å². The molecule has 1 heterocycles. The van der Waals surface area contributed by atoms with Crippen LogP contribution >= 0.6 is 0 Å². The molecule has 0 unspecified atom stereocenters. The van der Waals surface area contributed by atoms with Gasteiger partial charge in [0.25, 0.3) is 5.56 Å². The van der Waals surface area contributed by atoms with Gasteiger partial charge in [0.05, 0.1) is 5.52 Å². The van der Waals surface area contributed by atoms with E-state index in [1.165, 1.54) is 22.3 Å². The molecule has 2 heteroatoms. The van der Waals surface area contributed by atoms with Gasteiger partial charge < -0.3 is 4.98 Å². The summed E-state index contributed by atoms with van der Waals surface area (Å²) in [6.07, 6.45) is 0. The number of fused-ring (bicyclic) bond motifs is 3. The van der Waals surface area contributed by atoms with Crippen LogP contribution < -0.4 is 5.56 Å². The monoisotopic (exact) mass is 589 g/mol. The average molecular weight is 590 g/mol. The molecular weight excluding hydrogens is 558 g/mol. The molecule has 2 nitrogen and oxygen atoms in total. The Morgan fingerprint density at radius 3 is 1.48 bits per heavy atom. The number of rotatable bonds is 5. The Labute approximate surface area is 268 Å². The van der Waals surface area contributed by atoms with Crippen LogP contribution in [0.2, 0.25) is 0 Å². The lowest BCUT2D eigenvalue weighted by Gasteiger charge is -2.16. The fourth-order valence-corrected chi connectivity index (χ4v) is 6.57. The van der Waals surface area contributed by atoms with E-state index in [2.05, 4.69) is 145 Å². The molecule has 0 aliphatic heterocycles. The van der Waals surface area contributed by atoms with E-state index in [1.54, 1.807) is 0 Å². The third kappa shape index (κ3) is 5.00. The minimum Gasteiger partial charge on any atom is -0.321 e. The summed E-state index contributed by atoms with van der Waals surface area (Å²) in [7, 11) is 0. The van der Waals surface area contributed by atoms with Gasteiger partial charge in [0, 0.05) is 16.3 Å². The lowest BCUT2D eigenvalue weighted by molar-refractivity contribution is 1.34. The van der Waals surface area contributed by atoms with Gasteiger partial charge in [-0.05, 0) is 104 Å². The van der Waals surface area contributed by atoms with Crippen molar-refractivity contribution in [2.45, 2.75) is 6.92 Å². The Morgan fingerprint density at radius 2 is 0.848 bits per heavy atom. The number of aromatic nitrogens is 1. The van der Waals surface area contributed by atoms with Gasteiger partial charge >= 0.3 is 0 Å². The second-order valence-corrected chi connectivity index (χ2v) is 11.9. The van der Waals surface area contributed by atoms with Crippen LogP contribution in [-0.2, 0) is 0 Å². The zero-order valence-electron chi connectivity index (χ0n) is 25.5. The molecule has 0 saturated heterocycles. The van der Waals surface area contributed by atoms with Gasteiger partial charge in [0.15, 0.2) is 0 Å². The van der Waals surface area contributed by atoms with Crippen LogP contribution in [0.15, 0.2) is 169 Å². The summed E-state index contributed by atoms with van der Waals surface area (Å²) in [5.74, 6) is 0. The summed E-state index contributed by atoms with van der Waals surface area (Å²) >= 11 is 0. The zero-order chi connectivity index (χ0) is 31.0. The van der Waals surface area contributed by atoms with Crippen molar-refractivity contribution >= 4 is 21.7 Å². The zero-order valence-corrected chi connectivity index (χ0v) is 25.5. The first kappa shape index (κ1) is 27.6. The van der Waals surface area contributed by atoms with Gasteiger partial charge in [0.2, 0.25) is 0 Å². The van der Waals surface area contributed by atoms with Crippen molar-refractivity contribution < 1.29 is 0 Å². The van der Waals surface area contributed by atoms with Gasteiger partial charge in [-0.3, -0.25) is 4.79 Å². The largest absolute Gasteiger partial charge is 0.321 e. The Morgan fingerprint density at radius 1 is 0.370 bits per heavy atom.